The lowest BCUT2D eigenvalue weighted by Crippen LogP contribution is -1.98. The van der Waals surface area contributed by atoms with E-state index in [-0.39, 0.29) is 5.56 Å². The lowest BCUT2D eigenvalue weighted by atomic mass is 9.92. The second-order valence-corrected chi connectivity index (χ2v) is 7.84. The van der Waals surface area contributed by atoms with E-state index in [1.54, 1.807) is 36.4 Å². The van der Waals surface area contributed by atoms with Gasteiger partial charge in [0.05, 0.1) is 0 Å². The standard InChI is InChI=1S/C27H29F3/c1-2-3-4-5-6-7-9-12-20-15-17-22(18-16-20)25-23(21-13-10-8-11-14-21)19-24(28)26(29)27(25)30/h8,10-11,13-19H,2-7,9,12H2,1H3. The molecule has 158 valence electrons. The average molecular weight is 411 g/mol. The van der Waals surface area contributed by atoms with Gasteiger partial charge in [-0.05, 0) is 41.2 Å². The first kappa shape index (κ1) is 22.1. The molecule has 0 aromatic heterocycles. The maximum absolute atomic E-state index is 14.8. The minimum Gasteiger partial charge on any atom is -0.204 e. The molecule has 0 aliphatic heterocycles. The number of halogens is 3. The van der Waals surface area contributed by atoms with Gasteiger partial charge in [-0.2, -0.15) is 0 Å². The lowest BCUT2D eigenvalue weighted by Gasteiger charge is -2.13. The van der Waals surface area contributed by atoms with Crippen LogP contribution >= 0.6 is 0 Å². The van der Waals surface area contributed by atoms with Crippen LogP contribution in [0.5, 0.6) is 0 Å². The Kier molecular flexibility index (Phi) is 8.12. The molecule has 0 saturated heterocycles. The summed E-state index contributed by atoms with van der Waals surface area (Å²) in [5.41, 5.74) is 2.83. The van der Waals surface area contributed by atoms with Gasteiger partial charge in [0.25, 0.3) is 0 Å². The minimum absolute atomic E-state index is 0.0996. The summed E-state index contributed by atoms with van der Waals surface area (Å²) in [6, 6.07) is 17.6. The Balaban J connectivity index is 1.75. The van der Waals surface area contributed by atoms with Crippen molar-refractivity contribution in [2.75, 3.05) is 0 Å². The maximum atomic E-state index is 14.8. The van der Waals surface area contributed by atoms with Crippen molar-refractivity contribution in [3.8, 4) is 22.3 Å². The molecule has 0 aliphatic rings. The highest BCUT2D eigenvalue weighted by atomic mass is 19.2. The summed E-state index contributed by atoms with van der Waals surface area (Å²) in [6.45, 7) is 2.22. The molecule has 0 fully saturated rings. The molecule has 0 spiro atoms. The fourth-order valence-corrected chi connectivity index (χ4v) is 3.85. The summed E-state index contributed by atoms with van der Waals surface area (Å²) in [6.07, 6.45) is 9.75. The molecule has 3 rings (SSSR count). The van der Waals surface area contributed by atoms with Crippen LogP contribution in [0.1, 0.15) is 57.4 Å². The molecule has 0 aliphatic carbocycles. The maximum Gasteiger partial charge on any atom is 0.195 e. The molecule has 0 radical (unpaired) electrons. The SMILES string of the molecule is CCCCCCCCCc1ccc(-c2c(-c3ccccc3)cc(F)c(F)c2F)cc1. The van der Waals surface area contributed by atoms with E-state index in [0.717, 1.165) is 18.9 Å². The molecule has 30 heavy (non-hydrogen) atoms. The van der Waals surface area contributed by atoms with Crippen molar-refractivity contribution in [1.82, 2.24) is 0 Å². The topological polar surface area (TPSA) is 0 Å². The molecule has 3 aromatic carbocycles. The smallest absolute Gasteiger partial charge is 0.195 e. The number of benzene rings is 3. The van der Waals surface area contributed by atoms with E-state index in [0.29, 0.717) is 16.7 Å². The first-order valence-electron chi connectivity index (χ1n) is 10.9. The summed E-state index contributed by atoms with van der Waals surface area (Å²) in [4.78, 5) is 0. The van der Waals surface area contributed by atoms with Crippen LogP contribution in [0.15, 0.2) is 60.7 Å². The third kappa shape index (κ3) is 5.53. The van der Waals surface area contributed by atoms with Crippen LogP contribution in [0, 0.1) is 17.5 Å². The zero-order valence-corrected chi connectivity index (χ0v) is 17.6. The summed E-state index contributed by atoms with van der Waals surface area (Å²) in [7, 11) is 0. The lowest BCUT2D eigenvalue weighted by molar-refractivity contribution is 0.449. The van der Waals surface area contributed by atoms with Gasteiger partial charge in [0.2, 0.25) is 0 Å². The molecular formula is C27H29F3. The van der Waals surface area contributed by atoms with E-state index in [1.807, 2.05) is 18.2 Å². The van der Waals surface area contributed by atoms with Gasteiger partial charge in [0.15, 0.2) is 17.5 Å². The van der Waals surface area contributed by atoms with Crippen LogP contribution < -0.4 is 0 Å². The predicted octanol–water partition coefficient (Wildman–Crippen LogP) is 8.73. The first-order chi connectivity index (χ1) is 14.6. The van der Waals surface area contributed by atoms with E-state index < -0.39 is 17.5 Å². The first-order valence-corrected chi connectivity index (χ1v) is 10.9. The average Bonchev–Trinajstić information content (AvgIpc) is 2.78. The number of unbranched alkanes of at least 4 members (excludes halogenated alkanes) is 6. The zero-order chi connectivity index (χ0) is 21.3. The predicted molar refractivity (Wildman–Crippen MR) is 119 cm³/mol. The monoisotopic (exact) mass is 410 g/mol. The summed E-state index contributed by atoms with van der Waals surface area (Å²) >= 11 is 0. The van der Waals surface area contributed by atoms with E-state index in [4.69, 9.17) is 0 Å². The largest absolute Gasteiger partial charge is 0.204 e. The Morgan fingerprint density at radius 1 is 0.633 bits per heavy atom. The van der Waals surface area contributed by atoms with Gasteiger partial charge in [-0.1, -0.05) is 100 Å². The second kappa shape index (κ2) is 11.0. The Morgan fingerprint density at radius 3 is 1.93 bits per heavy atom. The van der Waals surface area contributed by atoms with Gasteiger partial charge in [0.1, 0.15) is 0 Å². The molecular weight excluding hydrogens is 381 g/mol. The molecule has 0 N–H and O–H groups in total. The molecule has 0 amide bonds. The van der Waals surface area contributed by atoms with E-state index in [1.165, 1.54) is 44.1 Å². The Morgan fingerprint density at radius 2 is 1.27 bits per heavy atom. The van der Waals surface area contributed by atoms with E-state index in [9.17, 15) is 13.2 Å². The molecule has 3 heteroatoms. The summed E-state index contributed by atoms with van der Waals surface area (Å²) in [5, 5.41) is 0. The van der Waals surface area contributed by atoms with Gasteiger partial charge >= 0.3 is 0 Å². The van der Waals surface area contributed by atoms with Crippen LogP contribution in [-0.2, 0) is 6.42 Å². The van der Waals surface area contributed by atoms with Crippen molar-refractivity contribution in [2.45, 2.75) is 58.3 Å². The quantitative estimate of drug-likeness (QED) is 0.231. The molecule has 0 heterocycles. The third-order valence-electron chi connectivity index (χ3n) is 5.56. The van der Waals surface area contributed by atoms with Crippen LogP contribution in [0.3, 0.4) is 0 Å². The number of hydrogen-bond donors (Lipinski definition) is 0. The van der Waals surface area contributed by atoms with Gasteiger partial charge in [-0.3, -0.25) is 0 Å². The van der Waals surface area contributed by atoms with Crippen LogP contribution in [-0.4, -0.2) is 0 Å². The normalized spacial score (nSPS) is 11.1. The van der Waals surface area contributed by atoms with Crippen molar-refractivity contribution in [3.05, 3.63) is 83.7 Å². The second-order valence-electron chi connectivity index (χ2n) is 7.84. The third-order valence-corrected chi connectivity index (χ3v) is 5.56. The molecule has 0 nitrogen and oxygen atoms in total. The van der Waals surface area contributed by atoms with Crippen LogP contribution in [0.2, 0.25) is 0 Å². The Hall–Kier alpha value is -2.55. The van der Waals surface area contributed by atoms with E-state index in [2.05, 4.69) is 6.92 Å². The highest BCUT2D eigenvalue weighted by Crippen LogP contribution is 2.36. The highest BCUT2D eigenvalue weighted by molar-refractivity contribution is 5.84. The molecule has 3 aromatic rings. The Bertz CT molecular complexity index is 931. The highest BCUT2D eigenvalue weighted by Gasteiger charge is 2.20. The molecule has 0 saturated carbocycles. The zero-order valence-electron chi connectivity index (χ0n) is 17.6. The fourth-order valence-electron chi connectivity index (χ4n) is 3.85. The van der Waals surface area contributed by atoms with Crippen molar-refractivity contribution < 1.29 is 13.2 Å². The van der Waals surface area contributed by atoms with Gasteiger partial charge < -0.3 is 0 Å². The van der Waals surface area contributed by atoms with Crippen LogP contribution in [0.25, 0.3) is 22.3 Å². The van der Waals surface area contributed by atoms with Crippen molar-refractivity contribution >= 4 is 0 Å². The Labute approximate surface area is 177 Å². The molecule has 0 bridgehead atoms. The summed E-state index contributed by atoms with van der Waals surface area (Å²) < 4.78 is 42.7. The van der Waals surface area contributed by atoms with Crippen molar-refractivity contribution in [3.63, 3.8) is 0 Å². The number of aryl methyl sites for hydroxylation is 1. The number of rotatable bonds is 10. The molecule has 0 atom stereocenters. The van der Waals surface area contributed by atoms with Gasteiger partial charge in [-0.15, -0.1) is 0 Å². The minimum atomic E-state index is -1.43. The van der Waals surface area contributed by atoms with Gasteiger partial charge in [-0.25, -0.2) is 13.2 Å². The molecule has 0 unspecified atom stereocenters. The van der Waals surface area contributed by atoms with E-state index >= 15 is 0 Å². The van der Waals surface area contributed by atoms with Crippen LogP contribution in [0.4, 0.5) is 13.2 Å². The van der Waals surface area contributed by atoms with Crippen molar-refractivity contribution in [2.24, 2.45) is 0 Å². The van der Waals surface area contributed by atoms with Crippen molar-refractivity contribution in [1.29, 1.82) is 0 Å². The fraction of sp³-hybridized carbons (Fsp3) is 0.333. The van der Waals surface area contributed by atoms with Gasteiger partial charge in [0, 0.05) is 5.56 Å². The summed E-state index contributed by atoms with van der Waals surface area (Å²) in [5.74, 6) is -3.75. The number of hydrogen-bond acceptors (Lipinski definition) is 0.